The average molecular weight is 1820 g/mol. The lowest BCUT2D eigenvalue weighted by Crippen LogP contribution is -2.41. The fourth-order valence-corrected chi connectivity index (χ4v) is 25.3. The summed E-state index contributed by atoms with van der Waals surface area (Å²) in [6, 6.07) is 130. The molecule has 0 bridgehead atoms. The molecular formula is C107H76BBr2N2O6PS4. The molecule has 1 aliphatic heterocycles. The minimum Gasteiger partial charge on any atom is -0.399 e. The number of hydrogen-bond donors (Lipinski definition) is 0. The Morgan fingerprint density at radius 1 is 0.317 bits per heavy atom. The van der Waals surface area contributed by atoms with Gasteiger partial charge in [-0.15, -0.1) is 45.3 Å². The summed E-state index contributed by atoms with van der Waals surface area (Å²) in [5, 5.41) is 46.7. The van der Waals surface area contributed by atoms with E-state index in [1.165, 1.54) is 157 Å². The summed E-state index contributed by atoms with van der Waals surface area (Å²) in [6.07, 6.45) is 1.06. The molecule has 123 heavy (non-hydrogen) atoms. The van der Waals surface area contributed by atoms with Gasteiger partial charge in [-0.05, 0) is 198 Å². The zero-order valence-corrected chi connectivity index (χ0v) is 74.6. The van der Waals surface area contributed by atoms with Gasteiger partial charge >= 0.3 is 7.12 Å². The average Bonchev–Trinajstić information content (AvgIpc) is 1.55. The number of hydrogen-bond acceptors (Lipinski definition) is 10. The zero-order chi connectivity index (χ0) is 84.0. The van der Waals surface area contributed by atoms with Crippen molar-refractivity contribution in [1.82, 2.24) is 0 Å². The van der Waals surface area contributed by atoms with E-state index in [0.717, 1.165) is 32.9 Å². The van der Waals surface area contributed by atoms with Crippen molar-refractivity contribution < 1.29 is 19.2 Å². The van der Waals surface area contributed by atoms with Crippen LogP contribution in [0.3, 0.4) is 0 Å². The fourth-order valence-electron chi connectivity index (χ4n) is 17.1. The van der Waals surface area contributed by atoms with E-state index in [2.05, 4.69) is 363 Å². The first kappa shape index (κ1) is 80.8. The van der Waals surface area contributed by atoms with Crippen molar-refractivity contribution >= 4 is 249 Å². The highest BCUT2D eigenvalue weighted by atomic mass is 79.9. The highest BCUT2D eigenvalue weighted by molar-refractivity contribution is 9.11. The first-order valence-electron chi connectivity index (χ1n) is 40.5. The summed E-state index contributed by atoms with van der Waals surface area (Å²) < 4.78 is 25.0. The molecule has 16 heteroatoms. The molecule has 0 spiro atoms. The number of para-hydroxylation sites is 2. The lowest BCUT2D eigenvalue weighted by atomic mass is 9.75. The largest absolute Gasteiger partial charge is 0.495 e. The number of benzene rings is 18. The molecule has 1 aliphatic carbocycles. The molecule has 22 aromatic rings. The van der Waals surface area contributed by atoms with Crippen molar-refractivity contribution in [3.63, 3.8) is 0 Å². The van der Waals surface area contributed by atoms with Crippen LogP contribution in [-0.4, -0.2) is 28.2 Å². The quantitative estimate of drug-likeness (QED) is 0.0681. The second kappa shape index (κ2) is 34.4. The second-order valence-corrected chi connectivity index (χ2v) is 39.5. The maximum Gasteiger partial charge on any atom is 0.495 e. The van der Waals surface area contributed by atoms with Gasteiger partial charge in [0.15, 0.2) is 0 Å². The van der Waals surface area contributed by atoms with Gasteiger partial charge in [0.2, 0.25) is 0 Å². The lowest BCUT2D eigenvalue weighted by Gasteiger charge is -2.32. The standard InChI is InChI=1S/C23H14S.C22H21BO2S.C22H13NO2S.C18H15P.C16H9BrS.C6H4BrNO2/c1-2-8-15-14(7-1)13-19-21(15)16-9-3-4-10-17(16)22-18-11-5-6-12-20(18)24-23(19)22;1-21(2)22(3,4)25-23(24-21)17-13-19-20(15-10-6-5-9-14(15)17)16-11-7-8-12-18(16)26-19;24-23(25)19-11-5-3-8-15(19)18-13-21-22(16-9-2-1-7-14(16)18)17-10-4-6-12-20(17)26-21;1-4-10-16(11-5-1)19(17-12-6-2-7-13-17)18-14-8-3-9-15-18;17-13-9-15-16(11-6-2-1-5-10(11)13)12-7-3-4-8-14(12)18-15;7-5-3-1-2-4-6(5)8(9)10/h1-12H,13H2;5-13H,1-4H3;1-13H;1-15H;1-9H;1-4H. The van der Waals surface area contributed by atoms with Crippen molar-refractivity contribution in [2.75, 3.05) is 0 Å². The maximum absolute atomic E-state index is 11.5. The van der Waals surface area contributed by atoms with Crippen LogP contribution in [0.4, 0.5) is 11.4 Å². The Morgan fingerprint density at radius 2 is 0.667 bits per heavy atom. The monoisotopic (exact) mass is 1810 g/mol. The molecular weight excluding hydrogens is 1740 g/mol. The van der Waals surface area contributed by atoms with Gasteiger partial charge in [0.25, 0.3) is 11.4 Å². The summed E-state index contributed by atoms with van der Waals surface area (Å²) in [5.74, 6) is 0. The van der Waals surface area contributed by atoms with Crippen LogP contribution in [0.1, 0.15) is 38.8 Å². The summed E-state index contributed by atoms with van der Waals surface area (Å²) >= 11 is 14.1. The lowest BCUT2D eigenvalue weighted by molar-refractivity contribution is -0.385. The molecule has 0 saturated carbocycles. The molecule has 24 rings (SSSR count). The Balaban J connectivity index is 0.0000000988. The number of rotatable bonds is 7. The van der Waals surface area contributed by atoms with E-state index in [0.29, 0.717) is 10.0 Å². The molecule has 4 aromatic heterocycles. The van der Waals surface area contributed by atoms with E-state index in [9.17, 15) is 20.2 Å². The predicted octanol–water partition coefficient (Wildman–Crippen LogP) is 30.8. The Labute approximate surface area is 745 Å². The molecule has 1 saturated heterocycles. The van der Waals surface area contributed by atoms with Crippen molar-refractivity contribution in [2.45, 2.75) is 45.3 Å². The minimum atomic E-state index is -0.446. The van der Waals surface area contributed by atoms with Crippen molar-refractivity contribution in [1.29, 1.82) is 0 Å². The van der Waals surface area contributed by atoms with Gasteiger partial charge in [-0.2, -0.15) is 0 Å². The Morgan fingerprint density at radius 3 is 1.15 bits per heavy atom. The molecule has 0 amide bonds. The SMILES string of the molecule is Brc1cc2sc3ccccc3c2c2ccccc12.CC1(C)OB(c2cc3sc4ccccc4c3c3ccccc23)OC1(C)C.O=[N+]([O-])c1ccccc1-c1cc2sc3ccccc3c2c2ccccc12.O=[N+]([O-])c1ccccc1Br.c1ccc(P(c2ccccc2)c2ccccc2)cc1.c1ccc2c(c1)Cc1c-2c2ccccc2c2c1sc1ccccc12. The fraction of sp³-hybridized carbons (Fsp3) is 0.0654. The van der Waals surface area contributed by atoms with Gasteiger partial charge in [0.05, 0.1) is 31.1 Å². The predicted molar refractivity (Wildman–Crippen MR) is 537 cm³/mol. The van der Waals surface area contributed by atoms with Crippen LogP contribution >= 0.6 is 85.1 Å². The van der Waals surface area contributed by atoms with E-state index < -0.39 is 12.8 Å². The Hall–Kier alpha value is -11.9. The van der Waals surface area contributed by atoms with E-state index in [1.807, 2.05) is 70.4 Å². The number of nitro groups is 2. The van der Waals surface area contributed by atoms with Gasteiger partial charge in [0, 0.05) is 104 Å². The highest BCUT2D eigenvalue weighted by Crippen LogP contribution is 2.52. The van der Waals surface area contributed by atoms with Gasteiger partial charge in [-0.3, -0.25) is 20.2 Å². The van der Waals surface area contributed by atoms with E-state index in [-0.39, 0.29) is 34.6 Å². The van der Waals surface area contributed by atoms with E-state index in [1.54, 1.807) is 41.7 Å². The topological polar surface area (TPSA) is 105 Å². The van der Waals surface area contributed by atoms with Crippen LogP contribution in [0.2, 0.25) is 0 Å². The molecule has 1 fully saturated rings. The van der Waals surface area contributed by atoms with Crippen LogP contribution in [0.15, 0.2) is 385 Å². The van der Waals surface area contributed by atoms with Crippen LogP contribution in [0.25, 0.3) is 146 Å². The highest BCUT2D eigenvalue weighted by Gasteiger charge is 2.52. The van der Waals surface area contributed by atoms with Crippen molar-refractivity contribution in [3.8, 4) is 22.3 Å². The third-order valence-corrected chi connectivity index (χ3v) is 31.8. The first-order chi connectivity index (χ1) is 60.0. The smallest absolute Gasteiger partial charge is 0.399 e. The molecule has 0 radical (unpaired) electrons. The van der Waals surface area contributed by atoms with Gasteiger partial charge in [-0.1, -0.05) is 325 Å². The summed E-state index contributed by atoms with van der Waals surface area (Å²) in [4.78, 5) is 21.0. The Bertz CT molecular complexity index is 7720. The van der Waals surface area contributed by atoms with Gasteiger partial charge in [-0.25, -0.2) is 0 Å². The summed E-state index contributed by atoms with van der Waals surface area (Å²) in [6.45, 7) is 8.42. The maximum atomic E-state index is 11.5. The zero-order valence-electron chi connectivity index (χ0n) is 67.3. The number of thiophene rings is 4. The normalized spacial score (nSPS) is 13.0. The number of nitro benzene ring substituents is 2. The van der Waals surface area contributed by atoms with Crippen LogP contribution < -0.4 is 21.4 Å². The first-order valence-corrected chi connectivity index (χ1v) is 46.7. The molecule has 5 heterocycles. The second-order valence-electron chi connectivity index (χ2n) is 31.2. The van der Waals surface area contributed by atoms with Crippen molar-refractivity contribution in [3.05, 3.63) is 416 Å². The molecule has 8 nitrogen and oxygen atoms in total. The molecule has 0 unspecified atom stereocenters. The van der Waals surface area contributed by atoms with Crippen LogP contribution in [-0.2, 0) is 15.7 Å². The minimum absolute atomic E-state index is 0.0995. The third-order valence-electron chi connectivity index (χ3n) is 23.4. The number of halogens is 2. The van der Waals surface area contributed by atoms with Crippen LogP contribution in [0.5, 0.6) is 0 Å². The summed E-state index contributed by atoms with van der Waals surface area (Å²) in [5.41, 5.74) is 8.11. The third kappa shape index (κ3) is 15.5. The van der Waals surface area contributed by atoms with Crippen LogP contribution in [0, 0.1) is 20.2 Å². The van der Waals surface area contributed by atoms with E-state index >= 15 is 0 Å². The van der Waals surface area contributed by atoms with Crippen molar-refractivity contribution in [2.24, 2.45) is 0 Å². The Kier molecular flexibility index (Phi) is 22.6. The van der Waals surface area contributed by atoms with E-state index in [4.69, 9.17) is 9.31 Å². The number of fused-ring (bicyclic) bond motifs is 25. The molecule has 596 valence electrons. The van der Waals surface area contributed by atoms with Gasteiger partial charge in [0.1, 0.15) is 0 Å². The molecule has 18 aromatic carbocycles. The molecule has 0 N–H and O–H groups in total. The molecule has 0 atom stereocenters. The molecule has 2 aliphatic rings. The summed E-state index contributed by atoms with van der Waals surface area (Å²) in [7, 11) is -0.794. The van der Waals surface area contributed by atoms with Gasteiger partial charge < -0.3 is 9.31 Å². The number of nitrogens with zero attached hydrogens (tertiary/aromatic N) is 2.